The normalized spacial score (nSPS) is 19.8. The molecule has 3 N–H and O–H groups in total. The van der Waals surface area contributed by atoms with E-state index in [1.807, 2.05) is 24.3 Å². The number of imide groups is 1. The third-order valence-electron chi connectivity index (χ3n) is 12.4. The number of ether oxygens (including phenoxy) is 1. The Hall–Kier alpha value is -5.09. The molecule has 3 aromatic carbocycles. The van der Waals surface area contributed by atoms with Gasteiger partial charge in [0.15, 0.2) is 5.82 Å². The van der Waals surface area contributed by atoms with Crippen molar-refractivity contribution in [3.05, 3.63) is 88.6 Å². The predicted molar refractivity (Wildman–Crippen MR) is 234 cm³/mol. The van der Waals surface area contributed by atoms with Crippen molar-refractivity contribution >= 4 is 71.1 Å². The maximum absolute atomic E-state index is 13.4. The molecule has 18 heteroatoms. The molecule has 4 aliphatic rings. The van der Waals surface area contributed by atoms with Crippen LogP contribution in [0.15, 0.2) is 66.9 Å². The third kappa shape index (κ3) is 8.70. The Morgan fingerprint density at radius 2 is 1.64 bits per heavy atom. The van der Waals surface area contributed by atoms with Crippen molar-refractivity contribution in [2.45, 2.75) is 57.3 Å². The van der Waals surface area contributed by atoms with Gasteiger partial charge in [-0.3, -0.25) is 34.1 Å². The molecule has 0 bridgehead atoms. The summed E-state index contributed by atoms with van der Waals surface area (Å²) in [5, 5.41) is 9.42. The zero-order valence-electron chi connectivity index (χ0n) is 34.7. The van der Waals surface area contributed by atoms with Gasteiger partial charge in [0.1, 0.15) is 16.8 Å². The van der Waals surface area contributed by atoms with Crippen molar-refractivity contribution in [2.75, 3.05) is 76.1 Å². The SMILES string of the molecule is COc1cc(N2CCC(N3CCN(C(C)c4cccc5c4CN(C4CCC(=O)NC4=O)C5=O)CC3)CC2)ccc1Nc1ncc(Cl)c(Nc2ccccc2P(=O)(OC)OC)n1. The Labute approximate surface area is 360 Å². The first kappa shape index (κ1) is 42.6. The molecular formula is C43H51ClN9O7P. The molecule has 4 aliphatic heterocycles. The molecule has 0 radical (unpaired) electrons. The van der Waals surface area contributed by atoms with E-state index in [1.165, 1.54) is 20.4 Å². The number of amides is 3. The van der Waals surface area contributed by atoms with Crippen LogP contribution in [0.3, 0.4) is 0 Å². The Kier molecular flexibility index (Phi) is 12.6. The number of para-hydroxylation sites is 1. The van der Waals surface area contributed by atoms with Gasteiger partial charge >= 0.3 is 7.60 Å². The van der Waals surface area contributed by atoms with Crippen LogP contribution < -0.4 is 30.9 Å². The Morgan fingerprint density at radius 3 is 2.36 bits per heavy atom. The number of nitrogens with one attached hydrogen (secondary N) is 3. The number of piperidine rings is 2. The van der Waals surface area contributed by atoms with Gasteiger partial charge in [-0.15, -0.1) is 0 Å². The molecule has 8 rings (SSSR count). The number of methoxy groups -OCH3 is 1. The number of carbonyl (C=O) groups excluding carboxylic acids is 3. The summed E-state index contributed by atoms with van der Waals surface area (Å²) in [6, 6.07) is 18.9. The first-order valence-electron chi connectivity index (χ1n) is 20.6. The van der Waals surface area contributed by atoms with Gasteiger partial charge in [0.05, 0.1) is 30.0 Å². The molecule has 0 aliphatic carbocycles. The van der Waals surface area contributed by atoms with Gasteiger partial charge in [0.25, 0.3) is 5.91 Å². The van der Waals surface area contributed by atoms with Crippen molar-refractivity contribution < 1.29 is 32.7 Å². The number of nitrogens with zero attached hydrogens (tertiary/aromatic N) is 6. The zero-order chi connectivity index (χ0) is 42.8. The Morgan fingerprint density at radius 1 is 0.885 bits per heavy atom. The van der Waals surface area contributed by atoms with E-state index in [0.29, 0.717) is 52.8 Å². The first-order valence-corrected chi connectivity index (χ1v) is 22.5. The van der Waals surface area contributed by atoms with E-state index >= 15 is 0 Å². The number of hydrogen-bond acceptors (Lipinski definition) is 14. The van der Waals surface area contributed by atoms with Crippen LogP contribution in [0.25, 0.3) is 0 Å². The zero-order valence-corrected chi connectivity index (χ0v) is 36.4. The summed E-state index contributed by atoms with van der Waals surface area (Å²) in [4.78, 5) is 55.9. The molecule has 4 aromatic rings. The minimum Gasteiger partial charge on any atom is -0.494 e. The highest BCUT2D eigenvalue weighted by Crippen LogP contribution is 2.47. The number of piperazine rings is 1. The summed E-state index contributed by atoms with van der Waals surface area (Å²) in [5.41, 5.74) is 5.00. The third-order valence-corrected chi connectivity index (χ3v) is 14.6. The van der Waals surface area contributed by atoms with Crippen LogP contribution in [0.4, 0.5) is 28.8 Å². The highest BCUT2D eigenvalue weighted by molar-refractivity contribution is 7.62. The molecule has 322 valence electrons. The fourth-order valence-corrected chi connectivity index (χ4v) is 10.4. The molecule has 3 saturated heterocycles. The van der Waals surface area contributed by atoms with Gasteiger partial charge in [-0.1, -0.05) is 35.9 Å². The molecular weight excluding hydrogens is 821 g/mol. The second-order valence-corrected chi connectivity index (χ2v) is 18.3. The molecule has 61 heavy (non-hydrogen) atoms. The summed E-state index contributed by atoms with van der Waals surface area (Å²) in [5.74, 6) is 0.415. The Bertz CT molecular complexity index is 2350. The van der Waals surface area contributed by atoms with Gasteiger partial charge in [-0.2, -0.15) is 4.98 Å². The molecule has 0 saturated carbocycles. The second kappa shape index (κ2) is 18.1. The molecule has 2 atom stereocenters. The number of benzene rings is 3. The maximum Gasteiger partial charge on any atom is 0.362 e. The van der Waals surface area contributed by atoms with Crippen LogP contribution in [0.1, 0.15) is 60.1 Å². The number of halogens is 1. The number of aromatic nitrogens is 2. The number of anilines is 5. The highest BCUT2D eigenvalue weighted by Gasteiger charge is 2.41. The second-order valence-electron chi connectivity index (χ2n) is 15.6. The minimum atomic E-state index is -3.57. The van der Waals surface area contributed by atoms with Crippen molar-refractivity contribution in [3.8, 4) is 5.75 Å². The van der Waals surface area contributed by atoms with E-state index in [0.717, 1.165) is 68.9 Å². The first-order chi connectivity index (χ1) is 29.5. The van der Waals surface area contributed by atoms with Gasteiger partial charge in [-0.05, 0) is 67.6 Å². The summed E-state index contributed by atoms with van der Waals surface area (Å²) in [7, 11) is 0.731. The number of carbonyl (C=O) groups is 3. The largest absolute Gasteiger partial charge is 0.494 e. The highest BCUT2D eigenvalue weighted by atomic mass is 35.5. The summed E-state index contributed by atoms with van der Waals surface area (Å²) in [6.45, 7) is 8.22. The van der Waals surface area contributed by atoms with Crippen LogP contribution in [0.5, 0.6) is 5.75 Å². The maximum atomic E-state index is 13.4. The lowest BCUT2D eigenvalue weighted by atomic mass is 9.96. The van der Waals surface area contributed by atoms with E-state index < -0.39 is 13.6 Å². The number of hydrogen-bond donors (Lipinski definition) is 3. The topological polar surface area (TPSA) is 171 Å². The molecule has 1 aromatic heterocycles. The smallest absolute Gasteiger partial charge is 0.362 e. The molecule has 2 unspecified atom stereocenters. The monoisotopic (exact) mass is 871 g/mol. The van der Waals surface area contributed by atoms with Crippen molar-refractivity contribution in [1.82, 2.24) is 30.0 Å². The molecule has 5 heterocycles. The van der Waals surface area contributed by atoms with Gasteiger partial charge < -0.3 is 34.2 Å². The Balaban J connectivity index is 0.856. The van der Waals surface area contributed by atoms with Crippen molar-refractivity contribution in [1.29, 1.82) is 0 Å². The molecule has 0 spiro atoms. The standard InChI is InChI=1S/C43H51ClN9O7P/c1-27(30-8-7-9-31-32(30)26-53(42(31)56)36-14-15-39(54)48-41(36)55)50-20-22-52(23-21-50)28-16-18-51(19-17-28)29-12-13-34(37(24-29)58-2)47-43-45-25-33(44)40(49-43)46-35-10-5-6-11-38(35)61(57,59-3)60-4/h5-13,24-25,27-28,36H,14-23,26H2,1-4H3,(H,48,54,55)(H2,45,46,47,49). The average Bonchev–Trinajstić information content (AvgIpc) is 3.63. The fraction of sp³-hybridized carbons (Fsp3) is 0.419. The quantitative estimate of drug-likeness (QED) is 0.108. The minimum absolute atomic E-state index is 0.118. The molecule has 3 fully saturated rings. The number of rotatable bonds is 13. The van der Waals surface area contributed by atoms with E-state index in [4.69, 9.17) is 25.4 Å². The van der Waals surface area contributed by atoms with Gasteiger partial charge in [-0.25, -0.2) is 4.98 Å². The van der Waals surface area contributed by atoms with E-state index in [2.05, 4.69) is 59.7 Å². The van der Waals surface area contributed by atoms with Crippen LogP contribution in [-0.4, -0.2) is 115 Å². The lowest BCUT2D eigenvalue weighted by molar-refractivity contribution is -0.136. The van der Waals surface area contributed by atoms with Crippen LogP contribution in [-0.2, 0) is 29.7 Å². The van der Waals surface area contributed by atoms with Crippen molar-refractivity contribution in [2.24, 2.45) is 0 Å². The van der Waals surface area contributed by atoms with E-state index in [-0.39, 0.29) is 41.2 Å². The predicted octanol–water partition coefficient (Wildman–Crippen LogP) is 5.85. The van der Waals surface area contributed by atoms with Crippen LogP contribution in [0.2, 0.25) is 5.02 Å². The van der Waals surface area contributed by atoms with Gasteiger partial charge in [0, 0.05) is 95.9 Å². The van der Waals surface area contributed by atoms with E-state index in [9.17, 15) is 18.9 Å². The van der Waals surface area contributed by atoms with Crippen LogP contribution in [0, 0.1) is 0 Å². The van der Waals surface area contributed by atoms with Crippen LogP contribution >= 0.6 is 19.2 Å². The van der Waals surface area contributed by atoms with Crippen molar-refractivity contribution in [3.63, 3.8) is 0 Å². The fourth-order valence-electron chi connectivity index (χ4n) is 9.01. The lowest BCUT2D eigenvalue weighted by Crippen LogP contribution is -2.53. The molecule has 16 nitrogen and oxygen atoms in total. The summed E-state index contributed by atoms with van der Waals surface area (Å²) in [6.07, 6.45) is 4.17. The van der Waals surface area contributed by atoms with Gasteiger partial charge in [0.2, 0.25) is 17.8 Å². The molecule has 3 amide bonds. The summed E-state index contributed by atoms with van der Waals surface area (Å²) >= 11 is 6.49. The average molecular weight is 872 g/mol. The summed E-state index contributed by atoms with van der Waals surface area (Å²) < 4.78 is 29.5. The lowest BCUT2D eigenvalue weighted by Gasteiger charge is -2.44. The van der Waals surface area contributed by atoms with E-state index in [1.54, 1.807) is 36.3 Å². The number of fused-ring (bicyclic) bond motifs is 1.